The Balaban J connectivity index is 1.44. The molecule has 0 unspecified atom stereocenters. The molecule has 254 valence electrons. The summed E-state index contributed by atoms with van der Waals surface area (Å²) in [5.74, 6) is -0.673. The number of benzene rings is 3. The van der Waals surface area contributed by atoms with Gasteiger partial charge in [-0.1, -0.05) is 74.5 Å². The van der Waals surface area contributed by atoms with Crippen LogP contribution in [0.3, 0.4) is 0 Å². The van der Waals surface area contributed by atoms with E-state index in [4.69, 9.17) is 9.47 Å². The normalized spacial score (nSPS) is 15.4. The topological polar surface area (TPSA) is 104 Å². The van der Waals surface area contributed by atoms with Crippen molar-refractivity contribution in [1.29, 1.82) is 0 Å². The van der Waals surface area contributed by atoms with Gasteiger partial charge in [-0.05, 0) is 47.7 Å². The van der Waals surface area contributed by atoms with E-state index in [0.29, 0.717) is 13.2 Å². The van der Waals surface area contributed by atoms with Gasteiger partial charge in [-0.25, -0.2) is 4.79 Å². The van der Waals surface area contributed by atoms with Crippen LogP contribution >= 0.6 is 0 Å². The van der Waals surface area contributed by atoms with Gasteiger partial charge in [0.2, 0.25) is 5.91 Å². The quantitative estimate of drug-likeness (QED) is 0.168. The fourth-order valence-corrected chi connectivity index (χ4v) is 5.26. The van der Waals surface area contributed by atoms with E-state index in [1.165, 1.54) is 24.3 Å². The zero-order valence-corrected chi connectivity index (χ0v) is 26.8. The Kier molecular flexibility index (Phi) is 13.3. The molecule has 0 aliphatic carbocycles. The number of hydrogen-bond acceptors (Lipinski definition) is 7. The molecular formula is C35H44F3N5O4. The van der Waals surface area contributed by atoms with E-state index in [9.17, 15) is 22.8 Å². The number of carbonyl (C=O) groups excluding carboxylic acids is 2. The number of nitrogens with one attached hydrogen (secondary N) is 4. The van der Waals surface area contributed by atoms with Crippen LogP contribution in [-0.4, -0.2) is 69.7 Å². The van der Waals surface area contributed by atoms with Crippen LogP contribution in [0.25, 0.3) is 0 Å². The van der Waals surface area contributed by atoms with Crippen molar-refractivity contribution in [1.82, 2.24) is 16.0 Å². The van der Waals surface area contributed by atoms with Crippen molar-refractivity contribution < 1.29 is 32.2 Å². The summed E-state index contributed by atoms with van der Waals surface area (Å²) in [6.07, 6.45) is -5.14. The number of anilines is 2. The summed E-state index contributed by atoms with van der Waals surface area (Å²) in [7, 11) is 0. The molecule has 1 aliphatic heterocycles. The van der Waals surface area contributed by atoms with Gasteiger partial charge in [-0.2, -0.15) is 13.2 Å². The van der Waals surface area contributed by atoms with Crippen molar-refractivity contribution in [3.8, 4) is 0 Å². The molecule has 3 aromatic carbocycles. The first kappa shape index (κ1) is 35.6. The molecule has 3 atom stereocenters. The maximum absolute atomic E-state index is 14.2. The number of nitrogens with zero attached hydrogens (tertiary/aromatic N) is 1. The lowest BCUT2D eigenvalue weighted by molar-refractivity contribution is -0.161. The van der Waals surface area contributed by atoms with Gasteiger partial charge < -0.3 is 30.3 Å². The smallest absolute Gasteiger partial charge is 0.407 e. The molecule has 1 heterocycles. The Morgan fingerprint density at radius 3 is 2.15 bits per heavy atom. The molecular weight excluding hydrogens is 611 g/mol. The van der Waals surface area contributed by atoms with E-state index < -0.39 is 36.3 Å². The molecule has 0 spiro atoms. The highest BCUT2D eigenvalue weighted by atomic mass is 19.4. The minimum absolute atomic E-state index is 0.0168. The van der Waals surface area contributed by atoms with Gasteiger partial charge in [-0.15, -0.1) is 0 Å². The second-order valence-corrected chi connectivity index (χ2v) is 11.9. The Bertz CT molecular complexity index is 1370. The minimum atomic E-state index is -4.63. The van der Waals surface area contributed by atoms with Gasteiger partial charge in [-0.3, -0.25) is 10.1 Å². The van der Waals surface area contributed by atoms with Crippen LogP contribution in [0.15, 0.2) is 84.9 Å². The van der Waals surface area contributed by atoms with Crippen LogP contribution in [0.2, 0.25) is 0 Å². The van der Waals surface area contributed by atoms with Gasteiger partial charge in [0.1, 0.15) is 12.6 Å². The van der Waals surface area contributed by atoms with Crippen molar-refractivity contribution in [2.24, 2.45) is 5.92 Å². The predicted molar refractivity (Wildman–Crippen MR) is 176 cm³/mol. The molecule has 0 aromatic heterocycles. The van der Waals surface area contributed by atoms with Crippen molar-refractivity contribution in [2.75, 3.05) is 49.6 Å². The highest BCUT2D eigenvalue weighted by molar-refractivity contribution is 5.82. The number of alkyl halides is 3. The summed E-state index contributed by atoms with van der Waals surface area (Å²) in [5, 5.41) is 11.4. The lowest BCUT2D eigenvalue weighted by Gasteiger charge is -2.30. The maximum atomic E-state index is 14.2. The third-order valence-corrected chi connectivity index (χ3v) is 7.70. The molecule has 9 nitrogen and oxygen atoms in total. The van der Waals surface area contributed by atoms with Gasteiger partial charge in [0.15, 0.2) is 0 Å². The van der Waals surface area contributed by atoms with Crippen LogP contribution < -0.4 is 26.2 Å². The zero-order chi connectivity index (χ0) is 33.6. The van der Waals surface area contributed by atoms with Crippen LogP contribution in [0.5, 0.6) is 0 Å². The lowest BCUT2D eigenvalue weighted by Crippen LogP contribution is -2.55. The minimum Gasteiger partial charge on any atom is -0.445 e. The highest BCUT2D eigenvalue weighted by Gasteiger charge is 2.43. The Labute approximate surface area is 274 Å². The summed E-state index contributed by atoms with van der Waals surface area (Å²) in [6.45, 7) is 6.87. The molecule has 4 rings (SSSR count). The van der Waals surface area contributed by atoms with E-state index in [1.807, 2.05) is 68.4 Å². The van der Waals surface area contributed by atoms with Gasteiger partial charge in [0, 0.05) is 37.6 Å². The second-order valence-electron chi connectivity index (χ2n) is 11.9. The summed E-state index contributed by atoms with van der Waals surface area (Å²) in [4.78, 5) is 28.4. The Hall–Kier alpha value is -4.29. The molecule has 4 N–H and O–H groups in total. The first-order chi connectivity index (χ1) is 22.6. The van der Waals surface area contributed by atoms with Crippen LogP contribution in [-0.2, 0) is 20.9 Å². The lowest BCUT2D eigenvalue weighted by atomic mass is 9.99. The van der Waals surface area contributed by atoms with E-state index in [1.54, 1.807) is 6.07 Å². The first-order valence-electron chi connectivity index (χ1n) is 15.9. The molecule has 1 saturated heterocycles. The third kappa shape index (κ3) is 11.8. The number of amides is 2. The van der Waals surface area contributed by atoms with Crippen molar-refractivity contribution >= 4 is 23.4 Å². The summed E-state index contributed by atoms with van der Waals surface area (Å²) >= 11 is 0. The van der Waals surface area contributed by atoms with Gasteiger partial charge in [0.05, 0.1) is 25.3 Å². The average Bonchev–Trinajstić information content (AvgIpc) is 3.07. The largest absolute Gasteiger partial charge is 0.445 e. The fraction of sp³-hybridized carbons (Fsp3) is 0.429. The molecule has 12 heteroatoms. The van der Waals surface area contributed by atoms with Gasteiger partial charge >= 0.3 is 12.3 Å². The predicted octanol–water partition coefficient (Wildman–Crippen LogP) is 5.65. The number of alkyl carbamates (subject to hydrolysis) is 1. The van der Waals surface area contributed by atoms with Gasteiger partial charge in [0.25, 0.3) is 0 Å². The molecule has 0 bridgehead atoms. The molecule has 47 heavy (non-hydrogen) atoms. The third-order valence-electron chi connectivity index (χ3n) is 7.70. The maximum Gasteiger partial charge on any atom is 0.407 e. The molecule has 0 radical (unpaired) electrons. The highest BCUT2D eigenvalue weighted by Crippen LogP contribution is 2.33. The van der Waals surface area contributed by atoms with E-state index in [2.05, 4.69) is 26.2 Å². The number of halogens is 3. The average molecular weight is 656 g/mol. The molecule has 0 saturated carbocycles. The van der Waals surface area contributed by atoms with E-state index in [0.717, 1.165) is 30.0 Å². The number of ether oxygens (including phenoxy) is 2. The Morgan fingerprint density at radius 2 is 1.53 bits per heavy atom. The van der Waals surface area contributed by atoms with Crippen LogP contribution in [0, 0.1) is 5.92 Å². The van der Waals surface area contributed by atoms with Crippen LogP contribution in [0.4, 0.5) is 29.3 Å². The second kappa shape index (κ2) is 17.6. The molecule has 1 fully saturated rings. The molecule has 2 amide bonds. The molecule has 3 aromatic rings. The summed E-state index contributed by atoms with van der Waals surface area (Å²) < 4.78 is 53.4. The van der Waals surface area contributed by atoms with E-state index >= 15 is 0 Å². The van der Waals surface area contributed by atoms with Crippen molar-refractivity contribution in [3.63, 3.8) is 0 Å². The van der Waals surface area contributed by atoms with Crippen molar-refractivity contribution in [2.45, 2.75) is 51.2 Å². The zero-order valence-electron chi connectivity index (χ0n) is 26.8. The number of rotatable bonds is 15. The SMILES string of the molecule is CC(C)C[C@H](N[C@@H](c1ccccc1)C(F)(F)F)C(=O)N[C@@H](CNC(=O)OCc1ccccc1)CNc1ccc(N2CCOCC2)cc1. The monoisotopic (exact) mass is 655 g/mol. The number of carbonyl (C=O) groups is 2. The standard InChI is InChI=1S/C35H44F3N5O4/c1-25(2)21-31(42-32(35(36,37)38)27-11-7-4-8-12-27)33(44)41-29(23-40-34(45)47-24-26-9-5-3-6-10-26)22-39-28-13-15-30(16-14-28)43-17-19-46-20-18-43/h3-16,25,29,31-32,39,42H,17-24H2,1-2H3,(H,40,45)(H,41,44)/t29-,31+,32+/m1/s1. The fourth-order valence-electron chi connectivity index (χ4n) is 5.26. The number of morpholine rings is 1. The summed E-state index contributed by atoms with van der Waals surface area (Å²) in [6, 6.07) is 20.6. The first-order valence-corrected chi connectivity index (χ1v) is 15.9. The Morgan fingerprint density at radius 1 is 0.894 bits per heavy atom. The van der Waals surface area contributed by atoms with Crippen LogP contribution in [0.1, 0.15) is 37.4 Å². The van der Waals surface area contributed by atoms with E-state index in [-0.39, 0.29) is 37.6 Å². The molecule has 1 aliphatic rings. The summed E-state index contributed by atoms with van der Waals surface area (Å²) in [5.41, 5.74) is 2.68. The van der Waals surface area contributed by atoms with Crippen molar-refractivity contribution in [3.05, 3.63) is 96.1 Å². The number of hydrogen-bond donors (Lipinski definition) is 4.